The maximum Gasteiger partial charge on any atom is 0.417 e. The van der Waals surface area contributed by atoms with Gasteiger partial charge in [-0.3, -0.25) is 9.78 Å². The zero-order chi connectivity index (χ0) is 27.4. The number of thiazole rings is 1. The predicted octanol–water partition coefficient (Wildman–Crippen LogP) is 6.03. The second-order valence-corrected chi connectivity index (χ2v) is 9.92. The largest absolute Gasteiger partial charge is 0.417 e. The van der Waals surface area contributed by atoms with Crippen LogP contribution in [0, 0.1) is 12.8 Å². The van der Waals surface area contributed by atoms with Gasteiger partial charge in [-0.2, -0.15) is 13.2 Å². The monoisotopic (exact) mass is 541 g/mol. The zero-order valence-electron chi connectivity index (χ0n) is 20.8. The van der Waals surface area contributed by atoms with Gasteiger partial charge in [0.25, 0.3) is 11.8 Å². The third kappa shape index (κ3) is 7.00. The normalized spacial score (nSPS) is 20.9. The van der Waals surface area contributed by atoms with Crippen molar-refractivity contribution in [3.05, 3.63) is 58.6 Å². The number of hydrogen-bond acceptors (Lipinski definition) is 6. The van der Waals surface area contributed by atoms with Crippen molar-refractivity contribution in [2.24, 2.45) is 10.9 Å². The highest BCUT2D eigenvalue weighted by Crippen LogP contribution is 2.37. The van der Waals surface area contributed by atoms with Gasteiger partial charge in [-0.15, -0.1) is 11.3 Å². The Labute approximate surface area is 216 Å². The SMILES string of the molecule is C\C=C(/N=C\C(=C/C)C(F)(F)F)NCC1C(C)CC(F)(F)CN1C(=O)c1nc(C)sc1-c1ccccn1. The van der Waals surface area contributed by atoms with Gasteiger partial charge in [0.1, 0.15) is 11.5 Å². The number of carbonyl (C=O) groups is 1. The molecule has 0 aliphatic carbocycles. The van der Waals surface area contributed by atoms with E-state index in [1.165, 1.54) is 24.3 Å². The van der Waals surface area contributed by atoms with E-state index in [1.807, 2.05) is 0 Å². The lowest BCUT2D eigenvalue weighted by Gasteiger charge is -2.43. The summed E-state index contributed by atoms with van der Waals surface area (Å²) in [5.41, 5.74) is -0.363. The molecule has 3 rings (SSSR count). The first-order valence-electron chi connectivity index (χ1n) is 11.6. The van der Waals surface area contributed by atoms with Crippen molar-refractivity contribution in [1.82, 2.24) is 20.2 Å². The van der Waals surface area contributed by atoms with Gasteiger partial charge in [0.2, 0.25) is 0 Å². The minimum absolute atomic E-state index is 0.0131. The number of hydrogen-bond donors (Lipinski definition) is 1. The molecule has 2 aromatic rings. The molecule has 0 spiro atoms. The summed E-state index contributed by atoms with van der Waals surface area (Å²) in [5, 5.41) is 3.50. The number of nitrogens with one attached hydrogen (secondary N) is 1. The first-order valence-corrected chi connectivity index (χ1v) is 12.4. The van der Waals surface area contributed by atoms with Crippen LogP contribution in [0.15, 0.2) is 52.9 Å². The van der Waals surface area contributed by atoms with Gasteiger partial charge in [0, 0.05) is 25.4 Å². The molecule has 3 heterocycles. The minimum Gasteiger partial charge on any atom is -0.368 e. The summed E-state index contributed by atoms with van der Waals surface area (Å²) in [7, 11) is 0. The number of halogens is 5. The fraction of sp³-hybridized carbons (Fsp3) is 0.440. The Balaban J connectivity index is 1.87. The number of likely N-dealkylation sites (tertiary alicyclic amines) is 1. The molecule has 1 saturated heterocycles. The number of allylic oxidation sites excluding steroid dienone is 3. The molecule has 200 valence electrons. The molecule has 0 aromatic carbocycles. The Morgan fingerprint density at radius 3 is 2.62 bits per heavy atom. The molecule has 1 fully saturated rings. The lowest BCUT2D eigenvalue weighted by Crippen LogP contribution is -2.58. The Hall–Kier alpha value is -3.15. The smallest absolute Gasteiger partial charge is 0.368 e. The van der Waals surface area contributed by atoms with Crippen molar-refractivity contribution in [1.29, 1.82) is 0 Å². The predicted molar refractivity (Wildman–Crippen MR) is 134 cm³/mol. The van der Waals surface area contributed by atoms with E-state index in [2.05, 4.69) is 20.3 Å². The van der Waals surface area contributed by atoms with Crippen LogP contribution in [0.4, 0.5) is 22.0 Å². The van der Waals surface area contributed by atoms with Crippen LogP contribution < -0.4 is 5.32 Å². The second kappa shape index (κ2) is 11.5. The Bertz CT molecular complexity index is 1190. The van der Waals surface area contributed by atoms with Gasteiger partial charge in [0.05, 0.1) is 33.7 Å². The average molecular weight is 542 g/mol. The fourth-order valence-corrected chi connectivity index (χ4v) is 5.03. The fourth-order valence-electron chi connectivity index (χ4n) is 4.14. The molecule has 2 atom stereocenters. The molecule has 2 aromatic heterocycles. The number of aromatic nitrogens is 2. The topological polar surface area (TPSA) is 70.5 Å². The summed E-state index contributed by atoms with van der Waals surface area (Å²) in [5.74, 6) is -4.24. The van der Waals surface area contributed by atoms with E-state index in [9.17, 15) is 26.7 Å². The Morgan fingerprint density at radius 2 is 2.03 bits per heavy atom. The van der Waals surface area contributed by atoms with E-state index >= 15 is 0 Å². The summed E-state index contributed by atoms with van der Waals surface area (Å²) in [6.45, 7) is 5.39. The van der Waals surface area contributed by atoms with E-state index in [4.69, 9.17) is 0 Å². The van der Waals surface area contributed by atoms with E-state index < -0.39 is 48.5 Å². The first kappa shape index (κ1) is 28.4. The summed E-state index contributed by atoms with van der Waals surface area (Å²) < 4.78 is 68.3. The molecule has 1 N–H and O–H groups in total. The van der Waals surface area contributed by atoms with Crippen molar-refractivity contribution in [3.8, 4) is 10.6 Å². The van der Waals surface area contributed by atoms with Gasteiger partial charge < -0.3 is 10.2 Å². The number of piperidine rings is 1. The highest BCUT2D eigenvalue weighted by molar-refractivity contribution is 7.15. The molecule has 0 bridgehead atoms. The third-order valence-electron chi connectivity index (χ3n) is 5.92. The lowest BCUT2D eigenvalue weighted by molar-refractivity contribution is -0.0913. The molecule has 6 nitrogen and oxygen atoms in total. The van der Waals surface area contributed by atoms with Crippen molar-refractivity contribution in [3.63, 3.8) is 0 Å². The number of nitrogens with zero attached hydrogens (tertiary/aromatic N) is 4. The molecule has 0 saturated carbocycles. The van der Waals surface area contributed by atoms with Crippen LogP contribution in [0.3, 0.4) is 0 Å². The lowest BCUT2D eigenvalue weighted by atomic mass is 9.88. The molecule has 1 aliphatic heterocycles. The summed E-state index contributed by atoms with van der Waals surface area (Å²) >= 11 is 1.25. The maximum atomic E-state index is 14.6. The highest BCUT2D eigenvalue weighted by Gasteiger charge is 2.47. The third-order valence-corrected chi connectivity index (χ3v) is 6.91. The summed E-state index contributed by atoms with van der Waals surface area (Å²) in [6, 6.07) is 4.52. The van der Waals surface area contributed by atoms with E-state index in [0.717, 1.165) is 11.0 Å². The molecule has 1 aliphatic rings. The van der Waals surface area contributed by atoms with Crippen molar-refractivity contribution < 1.29 is 26.7 Å². The van der Waals surface area contributed by atoms with Gasteiger partial charge in [-0.05, 0) is 44.9 Å². The number of alkyl halides is 5. The van der Waals surface area contributed by atoms with Crippen LogP contribution in [0.1, 0.15) is 42.7 Å². The Morgan fingerprint density at radius 1 is 1.30 bits per heavy atom. The van der Waals surface area contributed by atoms with Gasteiger partial charge in [-0.1, -0.05) is 19.1 Å². The van der Waals surface area contributed by atoms with Crippen molar-refractivity contribution in [2.75, 3.05) is 13.1 Å². The molecule has 12 heteroatoms. The number of aliphatic imine (C=N–C) groups is 1. The van der Waals surface area contributed by atoms with Crippen LogP contribution >= 0.6 is 11.3 Å². The molecular weight excluding hydrogens is 513 g/mol. The van der Waals surface area contributed by atoms with Crippen LogP contribution in [-0.2, 0) is 0 Å². The van der Waals surface area contributed by atoms with Crippen LogP contribution in [0.25, 0.3) is 10.6 Å². The van der Waals surface area contributed by atoms with E-state index in [-0.39, 0.29) is 18.1 Å². The molecule has 1 amide bonds. The molecule has 0 radical (unpaired) electrons. The number of aryl methyl sites for hydroxylation is 1. The molecule has 2 unspecified atom stereocenters. The van der Waals surface area contributed by atoms with Crippen LogP contribution in [0.5, 0.6) is 0 Å². The van der Waals surface area contributed by atoms with Gasteiger partial charge in [-0.25, -0.2) is 18.8 Å². The quantitative estimate of drug-likeness (QED) is 0.343. The van der Waals surface area contributed by atoms with Crippen molar-refractivity contribution in [2.45, 2.75) is 52.3 Å². The van der Waals surface area contributed by atoms with Crippen molar-refractivity contribution >= 4 is 23.5 Å². The Kier molecular flexibility index (Phi) is 8.83. The van der Waals surface area contributed by atoms with Gasteiger partial charge >= 0.3 is 6.18 Å². The zero-order valence-corrected chi connectivity index (χ0v) is 21.6. The maximum absolute atomic E-state index is 14.6. The van der Waals surface area contributed by atoms with E-state index in [1.54, 1.807) is 45.2 Å². The number of amides is 1. The minimum atomic E-state index is -4.55. The van der Waals surface area contributed by atoms with Crippen LogP contribution in [-0.4, -0.2) is 58.2 Å². The molecule has 37 heavy (non-hydrogen) atoms. The average Bonchev–Trinajstić information content (AvgIpc) is 3.22. The standard InChI is InChI=1S/C25H28F5N5OS/c1-5-17(25(28,29)30)12-32-20(6-2)33-13-19-15(3)11-24(26,27)14-35(19)23(36)21-22(37-16(4)34-21)18-9-7-8-10-31-18/h5-10,12,15,19,33H,11,13-14H2,1-4H3/b17-5+,20-6+,32-12-. The summed E-state index contributed by atoms with van der Waals surface area (Å²) in [4.78, 5) is 27.7. The van der Waals surface area contributed by atoms with Crippen LogP contribution in [0.2, 0.25) is 0 Å². The first-order chi connectivity index (χ1) is 17.4. The summed E-state index contributed by atoms with van der Waals surface area (Å²) in [6.07, 6.45) is -0.354. The number of pyridine rings is 1. The van der Waals surface area contributed by atoms with E-state index in [0.29, 0.717) is 21.8 Å². The highest BCUT2D eigenvalue weighted by atomic mass is 32.1. The van der Waals surface area contributed by atoms with Gasteiger partial charge in [0.15, 0.2) is 0 Å². The number of rotatable bonds is 7. The number of carbonyl (C=O) groups excluding carboxylic acids is 1. The second-order valence-electron chi connectivity index (χ2n) is 8.72. The molecular formula is C25H28F5N5OS.